The molecule has 1 aromatic carbocycles. The molecule has 0 saturated heterocycles. The molecule has 1 aromatic rings. The Balaban J connectivity index is 2.20. The molecule has 0 saturated carbocycles. The molecule has 0 spiro atoms. The molecule has 2 heteroatoms. The van der Waals surface area contributed by atoms with Crippen LogP contribution in [0.2, 0.25) is 0 Å². The summed E-state index contributed by atoms with van der Waals surface area (Å²) in [6.07, 6.45) is 8.08. The lowest BCUT2D eigenvalue weighted by Crippen LogP contribution is -2.17. The second-order valence-corrected chi connectivity index (χ2v) is 3.40. The first-order chi connectivity index (χ1) is 6.95. The topological polar surface area (TPSA) is 15.6 Å². The van der Waals surface area contributed by atoms with Crippen molar-refractivity contribution < 1.29 is 0 Å². The Hall–Kier alpha value is -1.83. The molecule has 0 N–H and O–H groups in total. The number of benzene rings is 1. The average Bonchev–Trinajstić information content (AvgIpc) is 2.61. The first-order valence-corrected chi connectivity index (χ1v) is 4.71. The van der Waals surface area contributed by atoms with E-state index in [-0.39, 0.29) is 0 Å². The zero-order valence-corrected chi connectivity index (χ0v) is 7.72. The number of allylic oxidation sites excluding steroid dienone is 1. The minimum absolute atomic E-state index is 0.951. The predicted molar refractivity (Wildman–Crippen MR) is 58.6 cm³/mol. The molecule has 3 rings (SSSR count). The third-order valence-corrected chi connectivity index (χ3v) is 2.54. The Morgan fingerprint density at radius 2 is 2.14 bits per heavy atom. The fourth-order valence-electron chi connectivity index (χ4n) is 1.86. The largest absolute Gasteiger partial charge is 0.336 e. The maximum absolute atomic E-state index is 4.27. The molecule has 0 bridgehead atoms. The molecule has 0 unspecified atom stereocenters. The molecular formula is C12H10N2. The van der Waals surface area contributed by atoms with Crippen LogP contribution in [-0.4, -0.2) is 12.8 Å². The molecule has 2 aliphatic heterocycles. The van der Waals surface area contributed by atoms with Crippen LogP contribution in [0.4, 0.5) is 5.69 Å². The fourth-order valence-corrected chi connectivity index (χ4v) is 1.86. The van der Waals surface area contributed by atoms with E-state index >= 15 is 0 Å². The maximum Gasteiger partial charge on any atom is 0.0597 e. The van der Waals surface area contributed by atoms with Gasteiger partial charge in [-0.1, -0.05) is 24.3 Å². The summed E-state index contributed by atoms with van der Waals surface area (Å²) in [6.45, 7) is 0.951. The van der Waals surface area contributed by atoms with Crippen molar-refractivity contribution in [2.45, 2.75) is 0 Å². The van der Waals surface area contributed by atoms with Crippen molar-refractivity contribution in [1.29, 1.82) is 0 Å². The van der Waals surface area contributed by atoms with Gasteiger partial charge in [-0.05, 0) is 12.1 Å². The van der Waals surface area contributed by atoms with Crippen LogP contribution in [0.3, 0.4) is 0 Å². The van der Waals surface area contributed by atoms with Crippen LogP contribution >= 0.6 is 0 Å². The Kier molecular flexibility index (Phi) is 1.53. The van der Waals surface area contributed by atoms with E-state index in [1.807, 2.05) is 18.5 Å². The standard InChI is InChI=1S/C12H10N2/c1-2-6-12-10(4-1)8-13-9-11-5-3-7-14(11)12/h1-6,8-9H,7H2. The summed E-state index contributed by atoms with van der Waals surface area (Å²) in [6, 6.07) is 8.33. The van der Waals surface area contributed by atoms with Gasteiger partial charge in [-0.15, -0.1) is 0 Å². The summed E-state index contributed by atoms with van der Waals surface area (Å²) in [5, 5.41) is 0. The van der Waals surface area contributed by atoms with Gasteiger partial charge >= 0.3 is 0 Å². The quantitative estimate of drug-likeness (QED) is 0.601. The van der Waals surface area contributed by atoms with Gasteiger partial charge in [-0.25, -0.2) is 0 Å². The molecule has 0 aliphatic carbocycles. The summed E-state index contributed by atoms with van der Waals surface area (Å²) in [7, 11) is 0. The number of nitrogens with zero attached hydrogens (tertiary/aromatic N) is 2. The molecule has 68 valence electrons. The van der Waals surface area contributed by atoms with Crippen molar-refractivity contribution in [3.8, 4) is 0 Å². The highest BCUT2D eigenvalue weighted by atomic mass is 15.2. The highest BCUT2D eigenvalue weighted by Crippen LogP contribution is 2.28. The number of aliphatic imine (C=N–C) groups is 1. The number of para-hydroxylation sites is 1. The van der Waals surface area contributed by atoms with Gasteiger partial charge in [0.05, 0.1) is 17.6 Å². The van der Waals surface area contributed by atoms with E-state index in [9.17, 15) is 0 Å². The van der Waals surface area contributed by atoms with Crippen molar-refractivity contribution in [1.82, 2.24) is 0 Å². The SMILES string of the molecule is C1=CC2=CN=Cc3ccccc3N2C1. The predicted octanol–water partition coefficient (Wildman–Crippen LogP) is 2.34. The highest BCUT2D eigenvalue weighted by molar-refractivity contribution is 5.90. The maximum atomic E-state index is 4.27. The van der Waals surface area contributed by atoms with E-state index in [0.717, 1.165) is 6.54 Å². The Bertz CT molecular complexity index is 455. The molecule has 0 amide bonds. The lowest BCUT2D eigenvalue weighted by molar-refractivity contribution is 1.09. The smallest absolute Gasteiger partial charge is 0.0597 e. The van der Waals surface area contributed by atoms with Crippen molar-refractivity contribution in [3.05, 3.63) is 53.9 Å². The number of anilines is 1. The second-order valence-electron chi connectivity index (χ2n) is 3.40. The Labute approximate surface area is 82.9 Å². The molecule has 0 radical (unpaired) electrons. The van der Waals surface area contributed by atoms with Gasteiger partial charge in [0, 0.05) is 18.3 Å². The normalized spacial score (nSPS) is 17.4. The van der Waals surface area contributed by atoms with E-state index in [1.54, 1.807) is 0 Å². The van der Waals surface area contributed by atoms with E-state index in [0.29, 0.717) is 0 Å². The number of hydrogen-bond donors (Lipinski definition) is 0. The summed E-state index contributed by atoms with van der Waals surface area (Å²) >= 11 is 0. The lowest BCUT2D eigenvalue weighted by Gasteiger charge is -2.20. The first-order valence-electron chi connectivity index (χ1n) is 4.71. The van der Waals surface area contributed by atoms with Gasteiger partial charge in [-0.3, -0.25) is 4.99 Å². The summed E-state index contributed by atoms with van der Waals surface area (Å²) in [4.78, 5) is 6.54. The molecule has 0 atom stereocenters. The third kappa shape index (κ3) is 1.01. The molecule has 0 aromatic heterocycles. The van der Waals surface area contributed by atoms with Crippen LogP contribution in [0.25, 0.3) is 0 Å². The van der Waals surface area contributed by atoms with E-state index in [4.69, 9.17) is 0 Å². The van der Waals surface area contributed by atoms with E-state index in [2.05, 4.69) is 40.2 Å². The minimum Gasteiger partial charge on any atom is -0.336 e. The number of rotatable bonds is 0. The molecule has 2 nitrogen and oxygen atoms in total. The minimum atomic E-state index is 0.951. The highest BCUT2D eigenvalue weighted by Gasteiger charge is 2.17. The van der Waals surface area contributed by atoms with E-state index < -0.39 is 0 Å². The zero-order chi connectivity index (χ0) is 9.38. The lowest BCUT2D eigenvalue weighted by atomic mass is 10.2. The first kappa shape index (κ1) is 7.56. The van der Waals surface area contributed by atoms with Crippen molar-refractivity contribution in [2.75, 3.05) is 11.4 Å². The van der Waals surface area contributed by atoms with Crippen molar-refractivity contribution >= 4 is 11.9 Å². The zero-order valence-electron chi connectivity index (χ0n) is 7.72. The van der Waals surface area contributed by atoms with Gasteiger partial charge in [-0.2, -0.15) is 0 Å². The van der Waals surface area contributed by atoms with Gasteiger partial charge in [0.1, 0.15) is 0 Å². The number of hydrogen-bond acceptors (Lipinski definition) is 2. The van der Waals surface area contributed by atoms with Crippen molar-refractivity contribution in [2.24, 2.45) is 4.99 Å². The Morgan fingerprint density at radius 1 is 1.21 bits per heavy atom. The van der Waals surface area contributed by atoms with Crippen LogP contribution in [0.1, 0.15) is 5.56 Å². The van der Waals surface area contributed by atoms with Crippen LogP contribution < -0.4 is 4.90 Å². The van der Waals surface area contributed by atoms with E-state index in [1.165, 1.54) is 16.9 Å². The second kappa shape index (κ2) is 2.84. The third-order valence-electron chi connectivity index (χ3n) is 2.54. The molecule has 2 heterocycles. The van der Waals surface area contributed by atoms with Gasteiger partial charge in [0.2, 0.25) is 0 Å². The van der Waals surface area contributed by atoms with Gasteiger partial charge < -0.3 is 4.90 Å². The Morgan fingerprint density at radius 3 is 3.14 bits per heavy atom. The fraction of sp³-hybridized carbons (Fsp3) is 0.0833. The van der Waals surface area contributed by atoms with Crippen LogP contribution in [0.15, 0.2) is 53.3 Å². The average molecular weight is 182 g/mol. The number of fused-ring (bicyclic) bond motifs is 3. The van der Waals surface area contributed by atoms with Crippen LogP contribution in [-0.2, 0) is 0 Å². The van der Waals surface area contributed by atoms with Gasteiger partial charge in [0.15, 0.2) is 0 Å². The van der Waals surface area contributed by atoms with Crippen molar-refractivity contribution in [3.63, 3.8) is 0 Å². The molecule has 0 fully saturated rings. The molecular weight excluding hydrogens is 172 g/mol. The molecule has 2 aliphatic rings. The monoisotopic (exact) mass is 182 g/mol. The van der Waals surface area contributed by atoms with Crippen LogP contribution in [0, 0.1) is 0 Å². The summed E-state index contributed by atoms with van der Waals surface area (Å²) in [5.74, 6) is 0. The van der Waals surface area contributed by atoms with Gasteiger partial charge in [0.25, 0.3) is 0 Å². The summed E-state index contributed by atoms with van der Waals surface area (Å²) < 4.78 is 0. The molecule has 14 heavy (non-hydrogen) atoms. The van der Waals surface area contributed by atoms with Crippen LogP contribution in [0.5, 0.6) is 0 Å². The summed E-state index contributed by atoms with van der Waals surface area (Å²) in [5.41, 5.74) is 3.60.